The van der Waals surface area contributed by atoms with Crippen LogP contribution >= 0.6 is 12.2 Å². The van der Waals surface area contributed by atoms with Gasteiger partial charge in [0.1, 0.15) is 16.5 Å². The molecule has 0 bridgehead atoms. The van der Waals surface area contributed by atoms with E-state index < -0.39 is 0 Å². The molecular weight excluding hydrogens is 258 g/mol. The average Bonchev–Trinajstić information content (AvgIpc) is 2.90. The van der Waals surface area contributed by atoms with E-state index in [4.69, 9.17) is 18.0 Å². The maximum atomic E-state index is 5.52. The van der Waals surface area contributed by atoms with Crippen LogP contribution in [0.2, 0.25) is 0 Å². The summed E-state index contributed by atoms with van der Waals surface area (Å²) < 4.78 is 0. The molecule has 1 unspecified atom stereocenters. The predicted octanol–water partition coefficient (Wildman–Crippen LogP) is 1.03. The van der Waals surface area contributed by atoms with Crippen LogP contribution in [0.25, 0.3) is 0 Å². The molecule has 5 nitrogen and oxygen atoms in total. The SMILES string of the molecule is CCN(CC)C1CCN(c2cnc(C(N)=S)cn2)C1. The van der Waals surface area contributed by atoms with E-state index in [-0.39, 0.29) is 0 Å². The van der Waals surface area contributed by atoms with Crippen LogP contribution in [-0.4, -0.2) is 52.1 Å². The maximum absolute atomic E-state index is 5.52. The molecule has 6 heteroatoms. The van der Waals surface area contributed by atoms with Crippen LogP contribution in [0.1, 0.15) is 26.0 Å². The first kappa shape index (κ1) is 14.1. The van der Waals surface area contributed by atoms with E-state index in [2.05, 4.69) is 33.6 Å². The molecule has 2 rings (SSSR count). The lowest BCUT2D eigenvalue weighted by Crippen LogP contribution is -2.37. The zero-order valence-electron chi connectivity index (χ0n) is 11.5. The Labute approximate surface area is 119 Å². The van der Waals surface area contributed by atoms with Gasteiger partial charge in [0.15, 0.2) is 0 Å². The van der Waals surface area contributed by atoms with E-state index in [0.717, 1.165) is 32.0 Å². The minimum atomic E-state index is 0.293. The van der Waals surface area contributed by atoms with Crippen LogP contribution < -0.4 is 10.6 Å². The van der Waals surface area contributed by atoms with Crippen molar-refractivity contribution in [2.24, 2.45) is 5.73 Å². The number of nitrogens with two attached hydrogens (primary N) is 1. The largest absolute Gasteiger partial charge is 0.388 e. The minimum Gasteiger partial charge on any atom is -0.388 e. The summed E-state index contributed by atoms with van der Waals surface area (Å²) in [4.78, 5) is 13.7. The highest BCUT2D eigenvalue weighted by Gasteiger charge is 2.26. The molecule has 0 saturated carbocycles. The second-order valence-corrected chi connectivity index (χ2v) is 5.17. The lowest BCUT2D eigenvalue weighted by molar-refractivity contribution is 0.232. The molecule has 1 aromatic rings. The molecule has 0 radical (unpaired) electrons. The standard InChI is InChI=1S/C13H21N5S/c1-3-17(4-2)10-5-6-18(9-10)12-8-15-11(7-16-12)13(14)19/h7-8,10H,3-6,9H2,1-2H3,(H2,14,19). The molecule has 0 amide bonds. The van der Waals surface area contributed by atoms with Gasteiger partial charge in [0.25, 0.3) is 0 Å². The van der Waals surface area contributed by atoms with Crippen molar-refractivity contribution < 1.29 is 0 Å². The number of thiocarbonyl (C=S) groups is 1. The van der Waals surface area contributed by atoms with Crippen molar-refractivity contribution >= 4 is 23.0 Å². The van der Waals surface area contributed by atoms with E-state index in [1.165, 1.54) is 6.42 Å². The molecule has 1 aromatic heterocycles. The van der Waals surface area contributed by atoms with E-state index in [1.807, 2.05) is 0 Å². The van der Waals surface area contributed by atoms with E-state index in [0.29, 0.717) is 16.7 Å². The third-order valence-corrected chi connectivity index (χ3v) is 3.92. The van der Waals surface area contributed by atoms with Gasteiger partial charge in [-0.05, 0) is 19.5 Å². The van der Waals surface area contributed by atoms with Crippen molar-refractivity contribution in [1.82, 2.24) is 14.9 Å². The summed E-state index contributed by atoms with van der Waals surface area (Å²) >= 11 is 4.88. The lowest BCUT2D eigenvalue weighted by Gasteiger charge is -2.26. The number of hydrogen-bond acceptors (Lipinski definition) is 5. The number of anilines is 1. The quantitative estimate of drug-likeness (QED) is 0.813. The zero-order valence-corrected chi connectivity index (χ0v) is 12.4. The van der Waals surface area contributed by atoms with Gasteiger partial charge in [-0.15, -0.1) is 0 Å². The molecule has 19 heavy (non-hydrogen) atoms. The highest BCUT2D eigenvalue weighted by atomic mass is 32.1. The summed E-state index contributed by atoms with van der Waals surface area (Å²) in [5.74, 6) is 0.912. The van der Waals surface area contributed by atoms with Crippen molar-refractivity contribution in [2.45, 2.75) is 26.3 Å². The maximum Gasteiger partial charge on any atom is 0.147 e. The van der Waals surface area contributed by atoms with Crippen LogP contribution in [-0.2, 0) is 0 Å². The summed E-state index contributed by atoms with van der Waals surface area (Å²) in [7, 11) is 0. The molecule has 1 atom stereocenters. The van der Waals surface area contributed by atoms with Gasteiger partial charge in [0.05, 0.1) is 12.4 Å². The molecule has 2 heterocycles. The van der Waals surface area contributed by atoms with Gasteiger partial charge < -0.3 is 10.6 Å². The average molecular weight is 279 g/mol. The van der Waals surface area contributed by atoms with Crippen LogP contribution in [0, 0.1) is 0 Å². The first-order valence-corrected chi connectivity index (χ1v) is 7.17. The van der Waals surface area contributed by atoms with Gasteiger partial charge in [-0.2, -0.15) is 0 Å². The highest BCUT2D eigenvalue weighted by Crippen LogP contribution is 2.20. The third-order valence-electron chi connectivity index (χ3n) is 3.71. The van der Waals surface area contributed by atoms with Gasteiger partial charge in [0, 0.05) is 19.1 Å². The second kappa shape index (κ2) is 6.25. The molecule has 0 aromatic carbocycles. The molecule has 104 valence electrons. The van der Waals surface area contributed by atoms with Crippen molar-refractivity contribution in [3.63, 3.8) is 0 Å². The Kier molecular flexibility index (Phi) is 4.66. The van der Waals surface area contributed by atoms with Crippen molar-refractivity contribution in [3.8, 4) is 0 Å². The summed E-state index contributed by atoms with van der Waals surface area (Å²) in [5.41, 5.74) is 6.11. The Morgan fingerprint density at radius 3 is 2.68 bits per heavy atom. The van der Waals surface area contributed by atoms with Gasteiger partial charge in [-0.3, -0.25) is 4.90 Å². The van der Waals surface area contributed by atoms with Crippen molar-refractivity contribution in [2.75, 3.05) is 31.1 Å². The first-order valence-electron chi connectivity index (χ1n) is 6.76. The van der Waals surface area contributed by atoms with Crippen LogP contribution in [0.3, 0.4) is 0 Å². The fraction of sp³-hybridized carbons (Fsp3) is 0.615. The third kappa shape index (κ3) is 3.19. The van der Waals surface area contributed by atoms with Gasteiger partial charge >= 0.3 is 0 Å². The highest BCUT2D eigenvalue weighted by molar-refractivity contribution is 7.80. The first-order chi connectivity index (χ1) is 9.15. The van der Waals surface area contributed by atoms with Crippen molar-refractivity contribution in [3.05, 3.63) is 18.1 Å². The number of nitrogens with zero attached hydrogens (tertiary/aromatic N) is 4. The van der Waals surface area contributed by atoms with Crippen LogP contribution in [0.4, 0.5) is 5.82 Å². The number of rotatable bonds is 5. The molecular formula is C13H21N5S. The molecule has 2 N–H and O–H groups in total. The second-order valence-electron chi connectivity index (χ2n) is 4.73. The normalized spacial score (nSPS) is 19.1. The Bertz CT molecular complexity index is 429. The summed E-state index contributed by atoms with van der Waals surface area (Å²) in [6.45, 7) is 8.67. The van der Waals surface area contributed by atoms with Crippen LogP contribution in [0.5, 0.6) is 0 Å². The summed E-state index contributed by atoms with van der Waals surface area (Å²) in [6.07, 6.45) is 4.60. The Hall–Kier alpha value is -1.27. The zero-order chi connectivity index (χ0) is 13.8. The predicted molar refractivity (Wildman–Crippen MR) is 81.5 cm³/mol. The summed E-state index contributed by atoms with van der Waals surface area (Å²) in [6, 6.07) is 0.618. The smallest absolute Gasteiger partial charge is 0.147 e. The van der Waals surface area contributed by atoms with Crippen molar-refractivity contribution in [1.29, 1.82) is 0 Å². The van der Waals surface area contributed by atoms with Crippen LogP contribution in [0.15, 0.2) is 12.4 Å². The van der Waals surface area contributed by atoms with E-state index in [9.17, 15) is 0 Å². The topological polar surface area (TPSA) is 58.3 Å². The number of likely N-dealkylation sites (N-methyl/N-ethyl adjacent to an activating group) is 1. The molecule has 1 aliphatic heterocycles. The molecule has 0 spiro atoms. The Morgan fingerprint density at radius 2 is 2.16 bits per heavy atom. The fourth-order valence-electron chi connectivity index (χ4n) is 2.60. The van der Waals surface area contributed by atoms with Gasteiger partial charge in [-0.1, -0.05) is 26.1 Å². The van der Waals surface area contributed by atoms with Gasteiger partial charge in [-0.25, -0.2) is 9.97 Å². The number of hydrogen-bond donors (Lipinski definition) is 1. The Morgan fingerprint density at radius 1 is 1.42 bits per heavy atom. The molecule has 1 fully saturated rings. The molecule has 1 saturated heterocycles. The van der Waals surface area contributed by atoms with Gasteiger partial charge in [0.2, 0.25) is 0 Å². The number of aromatic nitrogens is 2. The lowest BCUT2D eigenvalue weighted by atomic mass is 10.2. The monoisotopic (exact) mass is 279 g/mol. The van der Waals surface area contributed by atoms with E-state index in [1.54, 1.807) is 12.4 Å². The Balaban J connectivity index is 2.02. The molecule has 0 aliphatic carbocycles. The molecule has 1 aliphatic rings. The minimum absolute atomic E-state index is 0.293. The van der Waals surface area contributed by atoms with E-state index >= 15 is 0 Å². The summed E-state index contributed by atoms with van der Waals surface area (Å²) in [5, 5.41) is 0. The fourth-order valence-corrected chi connectivity index (χ4v) is 2.71.